The molecule has 5 rings (SSSR count). The maximum atomic E-state index is 4.39. The van der Waals surface area contributed by atoms with E-state index in [9.17, 15) is 0 Å². The van der Waals surface area contributed by atoms with Crippen LogP contribution in [-0.4, -0.2) is 20.9 Å². The molecule has 4 heteroatoms. The van der Waals surface area contributed by atoms with Crippen LogP contribution in [0.5, 0.6) is 0 Å². The monoisotopic (exact) mass is 277 g/mol. The van der Waals surface area contributed by atoms with E-state index in [1.165, 1.54) is 31.4 Å². The molecule has 1 heterocycles. The fourth-order valence-electron chi connectivity index (χ4n) is 5.34. The molecular weight excluding hydrogens is 254 g/mol. The van der Waals surface area contributed by atoms with Gasteiger partial charge in [-0.2, -0.15) is 0 Å². The number of hydrogen-bond donors (Lipinski definition) is 1. The first-order valence-electron chi connectivity index (χ1n) is 7.73. The third kappa shape index (κ3) is 2.32. The number of aryl methyl sites for hydroxylation is 1. The topological polar surface area (TPSA) is 41.6 Å². The van der Waals surface area contributed by atoms with Gasteiger partial charge in [-0.1, -0.05) is 11.8 Å². The van der Waals surface area contributed by atoms with E-state index in [1.807, 2.05) is 18.7 Å². The molecule has 3 nitrogen and oxygen atoms in total. The normalized spacial score (nSPS) is 39.9. The van der Waals surface area contributed by atoms with Crippen molar-refractivity contribution in [1.29, 1.82) is 0 Å². The van der Waals surface area contributed by atoms with Crippen LogP contribution in [0.1, 0.15) is 50.8 Å². The SMILES string of the molecule is Cc1nc(SCCC23CC4CC(CC(C4)C2)C3)n[nH]1. The van der Waals surface area contributed by atoms with Crippen LogP contribution in [0, 0.1) is 30.1 Å². The minimum atomic E-state index is 0.701. The lowest BCUT2D eigenvalue weighted by molar-refractivity contribution is -0.0538. The van der Waals surface area contributed by atoms with Crippen LogP contribution in [0.4, 0.5) is 0 Å². The number of aromatic nitrogens is 3. The van der Waals surface area contributed by atoms with Crippen LogP contribution in [0.15, 0.2) is 5.16 Å². The zero-order chi connectivity index (χ0) is 12.9. The second-order valence-corrected chi connectivity index (χ2v) is 8.28. The molecule has 19 heavy (non-hydrogen) atoms. The molecule has 1 aromatic heterocycles. The van der Waals surface area contributed by atoms with E-state index in [2.05, 4.69) is 15.2 Å². The highest BCUT2D eigenvalue weighted by molar-refractivity contribution is 7.99. The lowest BCUT2D eigenvalue weighted by Gasteiger charge is -2.57. The van der Waals surface area contributed by atoms with Crippen molar-refractivity contribution >= 4 is 11.8 Å². The number of hydrogen-bond acceptors (Lipinski definition) is 3. The van der Waals surface area contributed by atoms with E-state index in [-0.39, 0.29) is 0 Å². The van der Waals surface area contributed by atoms with E-state index in [1.54, 1.807) is 19.3 Å². The van der Waals surface area contributed by atoms with E-state index in [4.69, 9.17) is 0 Å². The number of rotatable bonds is 4. The lowest BCUT2D eigenvalue weighted by Crippen LogP contribution is -2.46. The van der Waals surface area contributed by atoms with Crippen LogP contribution in [0.2, 0.25) is 0 Å². The molecule has 0 atom stereocenters. The molecule has 0 aliphatic heterocycles. The maximum absolute atomic E-state index is 4.39. The molecule has 1 N–H and O–H groups in total. The fraction of sp³-hybridized carbons (Fsp3) is 0.867. The summed E-state index contributed by atoms with van der Waals surface area (Å²) in [6, 6.07) is 0. The first kappa shape index (κ1) is 12.2. The predicted octanol–water partition coefficient (Wildman–Crippen LogP) is 3.81. The summed E-state index contributed by atoms with van der Waals surface area (Å²) in [5.74, 6) is 5.34. The Morgan fingerprint density at radius 2 is 1.79 bits per heavy atom. The van der Waals surface area contributed by atoms with Crippen molar-refractivity contribution in [1.82, 2.24) is 15.2 Å². The summed E-state index contributed by atoms with van der Waals surface area (Å²) in [5, 5.41) is 8.09. The largest absolute Gasteiger partial charge is 0.262 e. The minimum absolute atomic E-state index is 0.701. The van der Waals surface area contributed by atoms with Gasteiger partial charge < -0.3 is 0 Å². The second-order valence-electron chi connectivity index (χ2n) is 7.22. The number of thioether (sulfide) groups is 1. The smallest absolute Gasteiger partial charge is 0.208 e. The number of aromatic amines is 1. The summed E-state index contributed by atoms with van der Waals surface area (Å²) < 4.78 is 0. The zero-order valence-corrected chi connectivity index (χ0v) is 12.5. The van der Waals surface area contributed by atoms with Crippen LogP contribution < -0.4 is 0 Å². The predicted molar refractivity (Wildman–Crippen MR) is 77.1 cm³/mol. The molecular formula is C15H23N3S. The first-order chi connectivity index (χ1) is 9.21. The maximum Gasteiger partial charge on any atom is 0.208 e. The van der Waals surface area contributed by atoms with Crippen LogP contribution >= 0.6 is 11.8 Å². The first-order valence-corrected chi connectivity index (χ1v) is 8.71. The van der Waals surface area contributed by atoms with Crippen molar-refractivity contribution in [3.63, 3.8) is 0 Å². The van der Waals surface area contributed by atoms with Crippen molar-refractivity contribution in [2.75, 3.05) is 5.75 Å². The quantitative estimate of drug-likeness (QED) is 0.851. The number of nitrogens with one attached hydrogen (secondary N) is 1. The molecule has 0 spiro atoms. The van der Waals surface area contributed by atoms with Crippen LogP contribution in [-0.2, 0) is 0 Å². The van der Waals surface area contributed by atoms with Gasteiger partial charge in [-0.25, -0.2) is 4.98 Å². The Labute approximate surface area is 119 Å². The molecule has 4 saturated carbocycles. The van der Waals surface area contributed by atoms with Crippen molar-refractivity contribution < 1.29 is 0 Å². The van der Waals surface area contributed by atoms with Gasteiger partial charge in [0.2, 0.25) is 5.16 Å². The summed E-state index contributed by atoms with van der Waals surface area (Å²) >= 11 is 1.84. The third-order valence-electron chi connectivity index (χ3n) is 5.61. The molecule has 4 aliphatic carbocycles. The average molecular weight is 277 g/mol. The Kier molecular flexibility index (Phi) is 2.90. The van der Waals surface area contributed by atoms with Crippen molar-refractivity contribution in [3.05, 3.63) is 5.82 Å². The molecule has 0 radical (unpaired) electrons. The van der Waals surface area contributed by atoms with Gasteiger partial charge in [-0.15, -0.1) is 5.10 Å². The van der Waals surface area contributed by atoms with Gasteiger partial charge in [0.1, 0.15) is 5.82 Å². The van der Waals surface area contributed by atoms with Gasteiger partial charge >= 0.3 is 0 Å². The zero-order valence-electron chi connectivity index (χ0n) is 11.7. The van der Waals surface area contributed by atoms with Gasteiger partial charge in [0, 0.05) is 5.75 Å². The van der Waals surface area contributed by atoms with Crippen molar-refractivity contribution in [2.24, 2.45) is 23.2 Å². The fourth-order valence-corrected chi connectivity index (χ4v) is 6.37. The number of nitrogens with zero attached hydrogens (tertiary/aromatic N) is 2. The van der Waals surface area contributed by atoms with E-state index < -0.39 is 0 Å². The third-order valence-corrected chi connectivity index (χ3v) is 6.45. The Bertz CT molecular complexity index is 432. The molecule has 0 amide bonds. The average Bonchev–Trinajstić information content (AvgIpc) is 2.73. The van der Waals surface area contributed by atoms with Crippen LogP contribution in [0.3, 0.4) is 0 Å². The highest BCUT2D eigenvalue weighted by Crippen LogP contribution is 2.61. The summed E-state index contributed by atoms with van der Waals surface area (Å²) in [4.78, 5) is 4.39. The molecule has 0 saturated heterocycles. The lowest BCUT2D eigenvalue weighted by atomic mass is 9.49. The van der Waals surface area contributed by atoms with Crippen LogP contribution in [0.25, 0.3) is 0 Å². The van der Waals surface area contributed by atoms with Gasteiger partial charge in [0.15, 0.2) is 0 Å². The number of H-pyrrole nitrogens is 1. The Morgan fingerprint density at radius 1 is 1.16 bits per heavy atom. The summed E-state index contributed by atoms with van der Waals surface area (Å²) in [7, 11) is 0. The van der Waals surface area contributed by atoms with Crippen molar-refractivity contribution in [2.45, 2.75) is 57.0 Å². The van der Waals surface area contributed by atoms with Gasteiger partial charge in [0.25, 0.3) is 0 Å². The summed E-state index contributed by atoms with van der Waals surface area (Å²) in [6.45, 7) is 1.97. The van der Waals surface area contributed by atoms with E-state index in [0.29, 0.717) is 5.41 Å². The van der Waals surface area contributed by atoms with Gasteiger partial charge in [-0.05, 0) is 75.0 Å². The Morgan fingerprint density at radius 3 is 2.32 bits per heavy atom. The Balaban J connectivity index is 1.37. The molecule has 0 unspecified atom stereocenters. The van der Waals surface area contributed by atoms with Gasteiger partial charge in [-0.3, -0.25) is 5.10 Å². The molecule has 104 valence electrons. The van der Waals surface area contributed by atoms with E-state index in [0.717, 1.165) is 28.7 Å². The van der Waals surface area contributed by atoms with Gasteiger partial charge in [0.05, 0.1) is 0 Å². The molecule has 1 aromatic rings. The van der Waals surface area contributed by atoms with Crippen molar-refractivity contribution in [3.8, 4) is 0 Å². The Hall–Kier alpha value is -0.510. The highest BCUT2D eigenvalue weighted by Gasteiger charge is 2.50. The minimum Gasteiger partial charge on any atom is -0.262 e. The van der Waals surface area contributed by atoms with E-state index >= 15 is 0 Å². The summed E-state index contributed by atoms with van der Waals surface area (Å²) in [5.41, 5.74) is 0.701. The highest BCUT2D eigenvalue weighted by atomic mass is 32.2. The molecule has 4 fully saturated rings. The standard InChI is InChI=1S/C15H23N3S/c1-10-16-14(18-17-10)19-3-2-15-7-11-4-12(8-15)6-13(5-11)9-15/h11-13H,2-9H2,1H3,(H,16,17,18). The molecule has 4 bridgehead atoms. The molecule has 0 aromatic carbocycles. The molecule has 4 aliphatic rings. The summed E-state index contributed by atoms with van der Waals surface area (Å²) in [6.07, 6.45) is 10.6. The second kappa shape index (κ2) is 4.51.